The van der Waals surface area contributed by atoms with E-state index in [0.717, 1.165) is 39.8 Å². The van der Waals surface area contributed by atoms with Gasteiger partial charge in [0.1, 0.15) is 0 Å². The van der Waals surface area contributed by atoms with E-state index in [1.165, 1.54) is 0 Å². The lowest BCUT2D eigenvalue weighted by molar-refractivity contribution is -0.119. The third-order valence-electron chi connectivity index (χ3n) is 5.02. The number of rotatable bonds is 2. The molecule has 0 fully saturated rings. The highest BCUT2D eigenvalue weighted by Crippen LogP contribution is 2.44. The van der Waals surface area contributed by atoms with Crippen LogP contribution in [0.15, 0.2) is 64.3 Å². The number of nitrogens with zero attached hydrogens (tertiary/aromatic N) is 1. The number of hydrogen-bond acceptors (Lipinski definition) is 2. The van der Waals surface area contributed by atoms with E-state index in [4.69, 9.17) is 11.6 Å². The molecule has 4 rings (SSSR count). The summed E-state index contributed by atoms with van der Waals surface area (Å²) in [5.74, 6) is -0.0705. The van der Waals surface area contributed by atoms with Gasteiger partial charge >= 0.3 is 0 Å². The van der Waals surface area contributed by atoms with Crippen LogP contribution in [0, 0.1) is 0 Å². The Hall–Kier alpha value is -1.91. The number of hydrogen-bond donors (Lipinski definition) is 0. The molecule has 0 radical (unpaired) electrons. The number of anilines is 1. The van der Waals surface area contributed by atoms with E-state index in [0.29, 0.717) is 11.4 Å². The zero-order valence-corrected chi connectivity index (χ0v) is 16.4. The average Bonchev–Trinajstić information content (AvgIpc) is 2.62. The second-order valence-corrected chi connectivity index (χ2v) is 7.92. The average molecular weight is 431 g/mol. The maximum atomic E-state index is 13.1. The van der Waals surface area contributed by atoms with Crippen molar-refractivity contribution < 1.29 is 9.59 Å². The van der Waals surface area contributed by atoms with E-state index >= 15 is 0 Å². The van der Waals surface area contributed by atoms with Gasteiger partial charge in [-0.1, -0.05) is 35.9 Å². The number of carbonyl (C=O) groups excluding carboxylic acids is 2. The third-order valence-corrected chi connectivity index (χ3v) is 5.93. The van der Waals surface area contributed by atoms with Crippen molar-refractivity contribution in [3.05, 3.63) is 74.9 Å². The molecule has 1 heterocycles. The van der Waals surface area contributed by atoms with Gasteiger partial charge in [-0.15, -0.1) is 0 Å². The van der Waals surface area contributed by atoms with Gasteiger partial charge in [0.2, 0.25) is 5.91 Å². The van der Waals surface area contributed by atoms with E-state index in [2.05, 4.69) is 15.9 Å². The maximum Gasteiger partial charge on any atom is 0.232 e. The van der Waals surface area contributed by atoms with Crippen LogP contribution < -0.4 is 4.90 Å². The Morgan fingerprint density at radius 3 is 2.62 bits per heavy atom. The summed E-state index contributed by atoms with van der Waals surface area (Å²) >= 11 is 9.70. The number of carbonyl (C=O) groups is 2. The van der Waals surface area contributed by atoms with Crippen LogP contribution in [-0.4, -0.2) is 11.7 Å². The number of Topliss-reactive ketones (excluding diaryl/α,β-unsaturated/α-hetero) is 1. The van der Waals surface area contributed by atoms with E-state index in [9.17, 15) is 9.59 Å². The summed E-state index contributed by atoms with van der Waals surface area (Å²) in [6.45, 7) is 0. The Morgan fingerprint density at radius 2 is 1.85 bits per heavy atom. The molecule has 1 aliphatic heterocycles. The number of amides is 1. The van der Waals surface area contributed by atoms with Gasteiger partial charge in [0, 0.05) is 39.5 Å². The van der Waals surface area contributed by atoms with Gasteiger partial charge in [-0.2, -0.15) is 0 Å². The molecule has 0 aromatic heterocycles. The van der Waals surface area contributed by atoms with Gasteiger partial charge in [-0.3, -0.25) is 14.5 Å². The highest BCUT2D eigenvalue weighted by atomic mass is 79.9. The molecule has 1 unspecified atom stereocenters. The largest absolute Gasteiger partial charge is 0.294 e. The Balaban J connectivity index is 1.89. The first-order chi connectivity index (χ1) is 12.6. The Bertz CT molecular complexity index is 937. The molecule has 132 valence electrons. The summed E-state index contributed by atoms with van der Waals surface area (Å²) < 4.78 is 0.847. The van der Waals surface area contributed by atoms with Crippen molar-refractivity contribution in [3.8, 4) is 0 Å². The molecule has 0 bridgehead atoms. The van der Waals surface area contributed by atoms with Crippen LogP contribution in [-0.2, 0) is 9.59 Å². The minimum absolute atomic E-state index is 0.00956. The summed E-state index contributed by atoms with van der Waals surface area (Å²) in [5.41, 5.74) is 3.34. The molecular formula is C21H17BrClNO2. The minimum atomic E-state index is -0.220. The second-order valence-electron chi connectivity index (χ2n) is 6.63. The molecule has 0 N–H and O–H groups in total. The molecular weight excluding hydrogens is 414 g/mol. The summed E-state index contributed by atoms with van der Waals surface area (Å²) in [6.07, 6.45) is 2.31. The first-order valence-corrected chi connectivity index (χ1v) is 9.82. The lowest BCUT2D eigenvalue weighted by Gasteiger charge is -2.38. The van der Waals surface area contributed by atoms with E-state index in [-0.39, 0.29) is 24.0 Å². The van der Waals surface area contributed by atoms with Crippen LogP contribution in [0.5, 0.6) is 0 Å². The highest BCUT2D eigenvalue weighted by molar-refractivity contribution is 9.10. The smallest absolute Gasteiger partial charge is 0.232 e. The van der Waals surface area contributed by atoms with Crippen molar-refractivity contribution >= 4 is 44.9 Å². The quantitative estimate of drug-likeness (QED) is 0.619. The third kappa shape index (κ3) is 3.01. The molecule has 3 nitrogen and oxygen atoms in total. The van der Waals surface area contributed by atoms with Gasteiger partial charge in [0.05, 0.1) is 5.69 Å². The summed E-state index contributed by atoms with van der Waals surface area (Å²) in [5, 5.41) is 0.619. The van der Waals surface area contributed by atoms with Gasteiger partial charge in [-0.05, 0) is 58.6 Å². The molecule has 0 saturated heterocycles. The van der Waals surface area contributed by atoms with Crippen LogP contribution >= 0.6 is 27.5 Å². The first kappa shape index (κ1) is 17.5. The monoisotopic (exact) mass is 429 g/mol. The van der Waals surface area contributed by atoms with E-state index in [1.54, 1.807) is 11.0 Å². The van der Waals surface area contributed by atoms with Crippen LogP contribution in [0.4, 0.5) is 5.69 Å². The molecule has 0 spiro atoms. The molecule has 2 aromatic rings. The van der Waals surface area contributed by atoms with Crippen LogP contribution in [0.1, 0.15) is 37.2 Å². The predicted octanol–water partition coefficient (Wildman–Crippen LogP) is 5.63. The lowest BCUT2D eigenvalue weighted by Crippen LogP contribution is -2.40. The van der Waals surface area contributed by atoms with Crippen molar-refractivity contribution in [1.29, 1.82) is 0 Å². The van der Waals surface area contributed by atoms with Crippen molar-refractivity contribution in [3.63, 3.8) is 0 Å². The fraction of sp³-hybridized carbons (Fsp3) is 0.238. The van der Waals surface area contributed by atoms with E-state index in [1.807, 2.05) is 42.5 Å². The van der Waals surface area contributed by atoms with Gasteiger partial charge in [-0.25, -0.2) is 0 Å². The summed E-state index contributed by atoms with van der Waals surface area (Å²) in [6, 6.07) is 15.1. The Labute approximate surface area is 165 Å². The number of ketones is 1. The number of para-hydroxylation sites is 1. The molecule has 2 aromatic carbocycles. The van der Waals surface area contributed by atoms with E-state index < -0.39 is 0 Å². The van der Waals surface area contributed by atoms with Gasteiger partial charge in [0.15, 0.2) is 5.78 Å². The molecule has 5 heteroatoms. The molecule has 26 heavy (non-hydrogen) atoms. The highest BCUT2D eigenvalue weighted by Gasteiger charge is 2.40. The molecule has 2 aliphatic rings. The fourth-order valence-electron chi connectivity index (χ4n) is 3.91. The van der Waals surface area contributed by atoms with Crippen LogP contribution in [0.2, 0.25) is 5.02 Å². The van der Waals surface area contributed by atoms with Crippen LogP contribution in [0.3, 0.4) is 0 Å². The van der Waals surface area contributed by atoms with Gasteiger partial charge < -0.3 is 0 Å². The summed E-state index contributed by atoms with van der Waals surface area (Å²) in [4.78, 5) is 27.7. The first-order valence-electron chi connectivity index (χ1n) is 8.65. The molecule has 0 saturated carbocycles. The fourth-order valence-corrected chi connectivity index (χ4v) is 4.57. The number of benzene rings is 2. The normalized spacial score (nSPS) is 20.4. The predicted molar refractivity (Wildman–Crippen MR) is 106 cm³/mol. The van der Waals surface area contributed by atoms with Crippen molar-refractivity contribution in [2.24, 2.45) is 0 Å². The van der Waals surface area contributed by atoms with Crippen molar-refractivity contribution in [2.45, 2.75) is 31.6 Å². The SMILES string of the molecule is O=C1CCCC2=C1C(c1cccc(Cl)c1)CC(=O)N2c1ccccc1Br. The number of allylic oxidation sites excluding steroid dienone is 2. The number of halogens is 2. The molecule has 1 atom stereocenters. The van der Waals surface area contributed by atoms with Gasteiger partial charge in [0.25, 0.3) is 0 Å². The summed E-state index contributed by atoms with van der Waals surface area (Å²) in [7, 11) is 0. The molecule has 1 amide bonds. The van der Waals surface area contributed by atoms with Crippen molar-refractivity contribution in [1.82, 2.24) is 0 Å². The van der Waals surface area contributed by atoms with Crippen LogP contribution in [0.25, 0.3) is 0 Å². The standard InChI is InChI=1S/C21H17BrClNO2/c22-16-7-1-2-8-17(16)24-18-9-4-10-19(25)21(18)15(12-20(24)26)13-5-3-6-14(23)11-13/h1-3,5-8,11,15H,4,9-10,12H2. The minimum Gasteiger partial charge on any atom is -0.294 e. The second kappa shape index (κ2) is 7.01. The van der Waals surface area contributed by atoms with Crippen molar-refractivity contribution in [2.75, 3.05) is 4.90 Å². The zero-order chi connectivity index (χ0) is 18.3. The lowest BCUT2D eigenvalue weighted by atomic mass is 9.77. The maximum absolute atomic E-state index is 13.1. The Morgan fingerprint density at radius 1 is 1.04 bits per heavy atom. The zero-order valence-electron chi connectivity index (χ0n) is 14.0. The Kier molecular flexibility index (Phi) is 4.72. The topological polar surface area (TPSA) is 37.4 Å². The molecule has 1 aliphatic carbocycles.